The van der Waals surface area contributed by atoms with Crippen molar-refractivity contribution in [3.63, 3.8) is 0 Å². The maximum Gasteiger partial charge on any atom is 0.243 e. The standard InChI is InChI=1S/C24H31ClN2O5S2/c1-19-6-4-14-26(16-19)33(28,29)22-10-12-23(13-11-22)34(30,31)27(18-21-8-5-15-32-21)17-20-7-2-3-9-24(20)25/h2-3,7,9-13,19,21H,4-6,8,14-18H2,1H3/t19-,21-/m0/s1. The Bertz CT molecular complexity index is 1200. The van der Waals surface area contributed by atoms with Crippen LogP contribution in [0.2, 0.25) is 5.02 Å². The zero-order valence-electron chi connectivity index (χ0n) is 19.3. The highest BCUT2D eigenvalue weighted by Gasteiger charge is 2.32. The third-order valence-electron chi connectivity index (χ3n) is 6.45. The van der Waals surface area contributed by atoms with Crippen LogP contribution in [0.5, 0.6) is 0 Å². The molecule has 2 aromatic carbocycles. The van der Waals surface area contributed by atoms with Gasteiger partial charge < -0.3 is 4.74 Å². The number of rotatable bonds is 8. The molecule has 0 aliphatic carbocycles. The Balaban J connectivity index is 1.60. The van der Waals surface area contributed by atoms with Crippen molar-refractivity contribution in [3.05, 3.63) is 59.1 Å². The lowest BCUT2D eigenvalue weighted by atomic mass is 10.0. The summed E-state index contributed by atoms with van der Waals surface area (Å²) in [5, 5.41) is 0.493. The van der Waals surface area contributed by atoms with E-state index in [9.17, 15) is 16.8 Å². The summed E-state index contributed by atoms with van der Waals surface area (Å²) in [5.41, 5.74) is 0.698. The van der Waals surface area contributed by atoms with Crippen molar-refractivity contribution in [1.82, 2.24) is 8.61 Å². The average Bonchev–Trinajstić information content (AvgIpc) is 3.33. The zero-order chi connectivity index (χ0) is 24.3. The van der Waals surface area contributed by atoms with E-state index in [1.165, 1.54) is 32.9 Å². The summed E-state index contributed by atoms with van der Waals surface area (Å²) in [5.74, 6) is 0.305. The van der Waals surface area contributed by atoms with Crippen LogP contribution in [0, 0.1) is 5.92 Å². The van der Waals surface area contributed by atoms with Gasteiger partial charge in [-0.1, -0.05) is 36.7 Å². The second-order valence-electron chi connectivity index (χ2n) is 9.11. The molecule has 0 N–H and O–H groups in total. The third-order valence-corrected chi connectivity index (χ3v) is 10.5. The molecule has 2 atom stereocenters. The smallest absolute Gasteiger partial charge is 0.243 e. The lowest BCUT2D eigenvalue weighted by Gasteiger charge is -2.30. The van der Waals surface area contributed by atoms with Crippen LogP contribution in [-0.4, -0.2) is 57.8 Å². The number of hydrogen-bond acceptors (Lipinski definition) is 5. The molecule has 10 heteroatoms. The van der Waals surface area contributed by atoms with Crippen molar-refractivity contribution in [1.29, 1.82) is 0 Å². The van der Waals surface area contributed by atoms with E-state index in [4.69, 9.17) is 16.3 Å². The van der Waals surface area contributed by atoms with Gasteiger partial charge in [-0.15, -0.1) is 0 Å². The SMILES string of the molecule is C[C@H]1CCCN(S(=O)(=O)c2ccc(S(=O)(=O)N(Cc3ccccc3Cl)C[C@@H]3CCCO3)cc2)C1. The van der Waals surface area contributed by atoms with E-state index in [1.54, 1.807) is 18.2 Å². The Morgan fingerprint density at radius 1 is 1.00 bits per heavy atom. The molecule has 4 rings (SSSR count). The van der Waals surface area contributed by atoms with Gasteiger partial charge in [0.2, 0.25) is 20.0 Å². The predicted octanol–water partition coefficient (Wildman–Crippen LogP) is 4.13. The molecule has 2 aliphatic heterocycles. The molecular weight excluding hydrogens is 496 g/mol. The van der Waals surface area contributed by atoms with Crippen LogP contribution in [-0.2, 0) is 31.3 Å². The first kappa shape index (κ1) is 25.6. The van der Waals surface area contributed by atoms with E-state index in [-0.39, 0.29) is 29.0 Å². The van der Waals surface area contributed by atoms with Crippen molar-refractivity contribution in [2.45, 2.75) is 55.0 Å². The van der Waals surface area contributed by atoms with Gasteiger partial charge in [0.25, 0.3) is 0 Å². The fourth-order valence-corrected chi connectivity index (χ4v) is 7.77. The van der Waals surface area contributed by atoms with E-state index >= 15 is 0 Å². The number of halogens is 1. The van der Waals surface area contributed by atoms with Gasteiger partial charge in [-0.05, 0) is 67.5 Å². The van der Waals surface area contributed by atoms with Crippen LogP contribution in [0.4, 0.5) is 0 Å². The molecule has 0 amide bonds. The molecule has 186 valence electrons. The minimum atomic E-state index is -3.91. The van der Waals surface area contributed by atoms with E-state index < -0.39 is 20.0 Å². The van der Waals surface area contributed by atoms with E-state index in [1.807, 2.05) is 13.0 Å². The molecule has 7 nitrogen and oxygen atoms in total. The Morgan fingerprint density at radius 2 is 1.71 bits per heavy atom. The normalized spacial score (nSPS) is 22.3. The molecule has 0 saturated carbocycles. The first-order valence-electron chi connectivity index (χ1n) is 11.6. The lowest BCUT2D eigenvalue weighted by Crippen LogP contribution is -2.39. The predicted molar refractivity (Wildman–Crippen MR) is 132 cm³/mol. The summed E-state index contributed by atoms with van der Waals surface area (Å²) in [4.78, 5) is 0.154. The highest BCUT2D eigenvalue weighted by molar-refractivity contribution is 7.89. The molecule has 0 unspecified atom stereocenters. The molecular formula is C24H31ClN2O5S2. The first-order chi connectivity index (χ1) is 16.2. The van der Waals surface area contributed by atoms with Crippen molar-refractivity contribution < 1.29 is 21.6 Å². The van der Waals surface area contributed by atoms with E-state index in [2.05, 4.69) is 0 Å². The third kappa shape index (κ3) is 5.66. The number of hydrogen-bond donors (Lipinski definition) is 0. The summed E-state index contributed by atoms with van der Waals surface area (Å²) in [6.07, 6.45) is 3.34. The van der Waals surface area contributed by atoms with Crippen LogP contribution >= 0.6 is 11.6 Å². The monoisotopic (exact) mass is 526 g/mol. The fourth-order valence-electron chi connectivity index (χ4n) is 4.53. The first-order valence-corrected chi connectivity index (χ1v) is 14.9. The van der Waals surface area contributed by atoms with Gasteiger partial charge in [-0.2, -0.15) is 8.61 Å². The Kier molecular flexibility index (Phi) is 8.01. The Morgan fingerprint density at radius 3 is 2.35 bits per heavy atom. The van der Waals surface area contributed by atoms with Crippen molar-refractivity contribution in [2.75, 3.05) is 26.2 Å². The average molecular weight is 527 g/mol. The molecule has 2 heterocycles. The second kappa shape index (κ2) is 10.6. The van der Waals surface area contributed by atoms with Crippen LogP contribution in [0.15, 0.2) is 58.3 Å². The summed E-state index contributed by atoms with van der Waals surface area (Å²) in [7, 11) is -7.58. The number of sulfonamides is 2. The minimum absolute atomic E-state index is 0.0449. The lowest BCUT2D eigenvalue weighted by molar-refractivity contribution is 0.0926. The molecule has 2 aromatic rings. The Hall–Kier alpha value is -1.49. The number of piperidine rings is 1. The van der Waals surface area contributed by atoms with Crippen LogP contribution in [0.1, 0.15) is 38.2 Å². The van der Waals surface area contributed by atoms with Crippen LogP contribution in [0.3, 0.4) is 0 Å². The molecule has 0 spiro atoms. The van der Waals surface area contributed by atoms with Crippen molar-refractivity contribution >= 4 is 31.6 Å². The minimum Gasteiger partial charge on any atom is -0.377 e. The van der Waals surface area contributed by atoms with Gasteiger partial charge in [0.15, 0.2) is 0 Å². The number of nitrogens with zero attached hydrogens (tertiary/aromatic N) is 2. The molecule has 0 radical (unpaired) electrons. The molecule has 0 bridgehead atoms. The second-order valence-corrected chi connectivity index (χ2v) is 13.4. The fraction of sp³-hybridized carbons (Fsp3) is 0.500. The summed E-state index contributed by atoms with van der Waals surface area (Å²) < 4.78 is 61.9. The highest BCUT2D eigenvalue weighted by atomic mass is 35.5. The van der Waals surface area contributed by atoms with Gasteiger partial charge in [0.1, 0.15) is 0 Å². The summed E-state index contributed by atoms with van der Waals surface area (Å²) in [6, 6.07) is 12.7. The van der Waals surface area contributed by atoms with Crippen LogP contribution < -0.4 is 0 Å². The van der Waals surface area contributed by atoms with Crippen molar-refractivity contribution in [2.24, 2.45) is 5.92 Å². The van der Waals surface area contributed by atoms with Gasteiger partial charge in [-0.3, -0.25) is 0 Å². The van der Waals surface area contributed by atoms with Crippen LogP contribution in [0.25, 0.3) is 0 Å². The molecule has 2 aliphatic rings. The Labute approximate surface area is 207 Å². The molecule has 2 fully saturated rings. The molecule has 2 saturated heterocycles. The zero-order valence-corrected chi connectivity index (χ0v) is 21.7. The van der Waals surface area contributed by atoms with Crippen molar-refractivity contribution in [3.8, 4) is 0 Å². The van der Waals surface area contributed by atoms with Gasteiger partial charge in [0, 0.05) is 37.8 Å². The summed E-state index contributed by atoms with van der Waals surface area (Å²) >= 11 is 6.31. The molecule has 34 heavy (non-hydrogen) atoms. The largest absolute Gasteiger partial charge is 0.377 e. The molecule has 0 aromatic heterocycles. The highest BCUT2D eigenvalue weighted by Crippen LogP contribution is 2.28. The topological polar surface area (TPSA) is 84.0 Å². The van der Waals surface area contributed by atoms with E-state index in [0.29, 0.717) is 36.2 Å². The quantitative estimate of drug-likeness (QED) is 0.516. The maximum absolute atomic E-state index is 13.6. The van der Waals surface area contributed by atoms with Gasteiger partial charge in [0.05, 0.1) is 15.9 Å². The van der Waals surface area contributed by atoms with E-state index in [0.717, 1.165) is 25.7 Å². The summed E-state index contributed by atoms with van der Waals surface area (Å²) in [6.45, 7) is 3.94. The van der Waals surface area contributed by atoms with Gasteiger partial charge >= 0.3 is 0 Å². The van der Waals surface area contributed by atoms with Gasteiger partial charge in [-0.25, -0.2) is 16.8 Å². The maximum atomic E-state index is 13.6. The number of ether oxygens (including phenoxy) is 1. The number of benzene rings is 2.